The second-order valence-electron chi connectivity index (χ2n) is 5.44. The smallest absolute Gasteiger partial charge is 0.251 e. The van der Waals surface area contributed by atoms with E-state index in [1.165, 1.54) is 0 Å². The van der Waals surface area contributed by atoms with Crippen LogP contribution in [0.4, 0.5) is 5.69 Å². The molecule has 0 aliphatic carbocycles. The molecule has 0 unspecified atom stereocenters. The summed E-state index contributed by atoms with van der Waals surface area (Å²) in [5.41, 5.74) is 2.18. The van der Waals surface area contributed by atoms with Gasteiger partial charge in [0.2, 0.25) is 5.91 Å². The molecule has 0 atom stereocenters. The van der Waals surface area contributed by atoms with E-state index in [1.54, 1.807) is 31.4 Å². The summed E-state index contributed by atoms with van der Waals surface area (Å²) in [7, 11) is 1.62. The predicted octanol–water partition coefficient (Wildman–Crippen LogP) is 2.17. The van der Waals surface area contributed by atoms with Gasteiger partial charge in [0.1, 0.15) is 5.75 Å². The quantitative estimate of drug-likeness (QED) is 0.687. The number of anilines is 1. The topological polar surface area (TPSA) is 79.5 Å². The van der Waals surface area contributed by atoms with Crippen LogP contribution in [-0.4, -0.2) is 32.0 Å². The molecular weight excluding hydrogens is 318 g/mol. The van der Waals surface area contributed by atoms with E-state index in [-0.39, 0.29) is 18.4 Å². The van der Waals surface area contributed by atoms with Gasteiger partial charge in [-0.25, -0.2) is 0 Å². The second-order valence-corrected chi connectivity index (χ2v) is 5.44. The van der Waals surface area contributed by atoms with Crippen LogP contribution in [-0.2, 0) is 11.3 Å². The van der Waals surface area contributed by atoms with Crippen molar-refractivity contribution in [3.8, 4) is 5.75 Å². The van der Waals surface area contributed by atoms with Gasteiger partial charge < -0.3 is 20.7 Å². The molecule has 6 nitrogen and oxygen atoms in total. The van der Waals surface area contributed by atoms with Crippen LogP contribution in [0.1, 0.15) is 22.8 Å². The van der Waals surface area contributed by atoms with Crippen LogP contribution in [0, 0.1) is 0 Å². The van der Waals surface area contributed by atoms with Crippen LogP contribution >= 0.6 is 0 Å². The lowest BCUT2D eigenvalue weighted by molar-refractivity contribution is -0.115. The number of carbonyl (C=O) groups excluding carboxylic acids is 2. The summed E-state index contributed by atoms with van der Waals surface area (Å²) >= 11 is 0. The van der Waals surface area contributed by atoms with Crippen molar-refractivity contribution < 1.29 is 14.3 Å². The molecule has 0 aliphatic rings. The number of ether oxygens (including phenoxy) is 1. The Bertz CT molecular complexity index is 714. The molecule has 25 heavy (non-hydrogen) atoms. The third kappa shape index (κ3) is 5.93. The average molecular weight is 341 g/mol. The number of benzene rings is 2. The first kappa shape index (κ1) is 18.5. The summed E-state index contributed by atoms with van der Waals surface area (Å²) < 4.78 is 5.11. The average Bonchev–Trinajstić information content (AvgIpc) is 2.62. The van der Waals surface area contributed by atoms with Crippen molar-refractivity contribution in [2.24, 2.45) is 0 Å². The van der Waals surface area contributed by atoms with Gasteiger partial charge in [0.25, 0.3) is 5.91 Å². The summed E-state index contributed by atoms with van der Waals surface area (Å²) in [5.74, 6) is 0.478. The SMILES string of the molecule is CCNC(=O)c1cccc(NC(=O)CNCc2ccc(OC)cc2)c1. The molecule has 2 aromatic rings. The molecule has 0 aromatic heterocycles. The van der Waals surface area contributed by atoms with Gasteiger partial charge in [0.05, 0.1) is 13.7 Å². The van der Waals surface area contributed by atoms with E-state index in [0.717, 1.165) is 11.3 Å². The third-order valence-electron chi connectivity index (χ3n) is 3.52. The van der Waals surface area contributed by atoms with Crippen LogP contribution in [0.2, 0.25) is 0 Å². The van der Waals surface area contributed by atoms with Crippen LogP contribution < -0.4 is 20.7 Å². The van der Waals surface area contributed by atoms with Crippen molar-refractivity contribution in [1.29, 1.82) is 0 Å². The Labute approximate surface area is 147 Å². The Balaban J connectivity index is 1.81. The van der Waals surface area contributed by atoms with Crippen molar-refractivity contribution in [1.82, 2.24) is 10.6 Å². The fourth-order valence-electron chi connectivity index (χ4n) is 2.27. The van der Waals surface area contributed by atoms with E-state index >= 15 is 0 Å². The molecule has 2 aromatic carbocycles. The third-order valence-corrected chi connectivity index (χ3v) is 3.52. The zero-order chi connectivity index (χ0) is 18.1. The van der Waals surface area contributed by atoms with E-state index in [0.29, 0.717) is 24.3 Å². The van der Waals surface area contributed by atoms with Crippen LogP contribution in [0.3, 0.4) is 0 Å². The number of methoxy groups -OCH3 is 1. The molecule has 0 saturated heterocycles. The summed E-state index contributed by atoms with van der Waals surface area (Å²) in [4.78, 5) is 23.8. The van der Waals surface area contributed by atoms with Gasteiger partial charge in [-0.3, -0.25) is 9.59 Å². The Kier molecular flexibility index (Phi) is 6.98. The first-order chi connectivity index (χ1) is 12.1. The standard InChI is InChI=1S/C19H23N3O3/c1-3-21-19(24)15-5-4-6-16(11-15)22-18(23)13-20-12-14-7-9-17(25-2)10-8-14/h4-11,20H,3,12-13H2,1-2H3,(H,21,24)(H,22,23). The van der Waals surface area contributed by atoms with Gasteiger partial charge in [0, 0.05) is 24.3 Å². The predicted molar refractivity (Wildman–Crippen MR) is 97.8 cm³/mol. The number of rotatable bonds is 8. The molecule has 2 rings (SSSR count). The highest BCUT2D eigenvalue weighted by atomic mass is 16.5. The van der Waals surface area contributed by atoms with E-state index < -0.39 is 0 Å². The maximum Gasteiger partial charge on any atom is 0.251 e. The van der Waals surface area contributed by atoms with Crippen molar-refractivity contribution in [2.75, 3.05) is 25.5 Å². The molecule has 2 amide bonds. The lowest BCUT2D eigenvalue weighted by atomic mass is 10.2. The molecule has 132 valence electrons. The number of hydrogen-bond acceptors (Lipinski definition) is 4. The molecular formula is C19H23N3O3. The van der Waals surface area contributed by atoms with Gasteiger partial charge in [0.15, 0.2) is 0 Å². The molecule has 0 bridgehead atoms. The fourth-order valence-corrected chi connectivity index (χ4v) is 2.27. The molecule has 6 heteroatoms. The fraction of sp³-hybridized carbons (Fsp3) is 0.263. The normalized spacial score (nSPS) is 10.2. The molecule has 0 saturated carbocycles. The lowest BCUT2D eigenvalue weighted by Crippen LogP contribution is -2.28. The van der Waals surface area contributed by atoms with Crippen molar-refractivity contribution in [3.63, 3.8) is 0 Å². The van der Waals surface area contributed by atoms with Crippen LogP contribution in [0.15, 0.2) is 48.5 Å². The van der Waals surface area contributed by atoms with Gasteiger partial charge >= 0.3 is 0 Å². The van der Waals surface area contributed by atoms with E-state index in [1.807, 2.05) is 31.2 Å². The minimum absolute atomic E-state index is 0.156. The highest BCUT2D eigenvalue weighted by Crippen LogP contribution is 2.12. The summed E-state index contributed by atoms with van der Waals surface area (Å²) in [6.45, 7) is 3.18. The number of nitrogens with one attached hydrogen (secondary N) is 3. The highest BCUT2D eigenvalue weighted by molar-refractivity contribution is 5.97. The van der Waals surface area contributed by atoms with Crippen molar-refractivity contribution in [3.05, 3.63) is 59.7 Å². The van der Waals surface area contributed by atoms with Gasteiger partial charge in [-0.2, -0.15) is 0 Å². The summed E-state index contributed by atoms with van der Waals surface area (Å²) in [6, 6.07) is 14.5. The minimum atomic E-state index is -0.165. The minimum Gasteiger partial charge on any atom is -0.497 e. The largest absolute Gasteiger partial charge is 0.497 e. The first-order valence-electron chi connectivity index (χ1n) is 8.14. The molecule has 0 aliphatic heterocycles. The Morgan fingerprint density at radius 3 is 2.52 bits per heavy atom. The van der Waals surface area contributed by atoms with Gasteiger partial charge in [-0.15, -0.1) is 0 Å². The molecule has 0 fully saturated rings. The Hall–Kier alpha value is -2.86. The lowest BCUT2D eigenvalue weighted by Gasteiger charge is -2.09. The van der Waals surface area contributed by atoms with E-state index in [9.17, 15) is 9.59 Å². The number of hydrogen-bond donors (Lipinski definition) is 3. The zero-order valence-corrected chi connectivity index (χ0v) is 14.5. The molecule has 0 spiro atoms. The van der Waals surface area contributed by atoms with E-state index in [2.05, 4.69) is 16.0 Å². The van der Waals surface area contributed by atoms with Gasteiger partial charge in [-0.1, -0.05) is 18.2 Å². The van der Waals surface area contributed by atoms with Crippen LogP contribution in [0.25, 0.3) is 0 Å². The van der Waals surface area contributed by atoms with Gasteiger partial charge in [-0.05, 0) is 42.8 Å². The molecule has 3 N–H and O–H groups in total. The molecule has 0 radical (unpaired) electrons. The maximum atomic E-state index is 12.0. The van der Waals surface area contributed by atoms with E-state index in [4.69, 9.17) is 4.74 Å². The van der Waals surface area contributed by atoms with Crippen molar-refractivity contribution >= 4 is 17.5 Å². The number of amides is 2. The summed E-state index contributed by atoms with van der Waals surface area (Å²) in [6.07, 6.45) is 0. The van der Waals surface area contributed by atoms with Crippen LogP contribution in [0.5, 0.6) is 5.75 Å². The van der Waals surface area contributed by atoms with Crippen molar-refractivity contribution in [2.45, 2.75) is 13.5 Å². The Morgan fingerprint density at radius 1 is 1.08 bits per heavy atom. The monoisotopic (exact) mass is 341 g/mol. The summed E-state index contributed by atoms with van der Waals surface area (Å²) in [5, 5.41) is 8.60. The maximum absolute atomic E-state index is 12.0. The first-order valence-corrected chi connectivity index (χ1v) is 8.14. The second kappa shape index (κ2) is 9.44. The molecule has 0 heterocycles. The Morgan fingerprint density at radius 2 is 1.84 bits per heavy atom. The number of carbonyl (C=O) groups is 2. The highest BCUT2D eigenvalue weighted by Gasteiger charge is 2.07. The zero-order valence-electron chi connectivity index (χ0n) is 14.5.